The fourth-order valence-corrected chi connectivity index (χ4v) is 4.65. The molecule has 0 bridgehead atoms. The number of hydrogen-bond acceptors (Lipinski definition) is 6. The second kappa shape index (κ2) is 8.38. The number of esters is 1. The lowest BCUT2D eigenvalue weighted by atomic mass is 9.96. The van der Waals surface area contributed by atoms with Crippen molar-refractivity contribution in [2.45, 2.75) is 19.9 Å². The van der Waals surface area contributed by atoms with Gasteiger partial charge in [0.2, 0.25) is 0 Å². The first-order chi connectivity index (χ1) is 14.5. The maximum absolute atomic E-state index is 13.4. The van der Waals surface area contributed by atoms with E-state index in [1.54, 1.807) is 44.3 Å². The summed E-state index contributed by atoms with van der Waals surface area (Å²) < 4.78 is 7.26. The molecule has 0 saturated carbocycles. The molecule has 1 aliphatic heterocycles. The van der Waals surface area contributed by atoms with E-state index in [-0.39, 0.29) is 12.2 Å². The summed E-state index contributed by atoms with van der Waals surface area (Å²) in [5.41, 5.74) is 1.86. The van der Waals surface area contributed by atoms with Crippen LogP contribution < -0.4 is 14.9 Å². The summed E-state index contributed by atoms with van der Waals surface area (Å²) in [4.78, 5) is 35.5. The van der Waals surface area contributed by atoms with Gasteiger partial charge < -0.3 is 4.74 Å². The Labute approximate surface area is 181 Å². The predicted molar refractivity (Wildman–Crippen MR) is 116 cm³/mol. The monoisotopic (exact) mass is 439 g/mol. The zero-order valence-electron chi connectivity index (χ0n) is 16.3. The predicted octanol–water partition coefficient (Wildman–Crippen LogP) is 2.85. The molecule has 0 saturated heterocycles. The Morgan fingerprint density at radius 3 is 2.73 bits per heavy atom. The number of rotatable bonds is 4. The van der Waals surface area contributed by atoms with E-state index >= 15 is 0 Å². The molecule has 0 spiro atoms. The van der Waals surface area contributed by atoms with E-state index < -0.39 is 12.0 Å². The van der Waals surface area contributed by atoms with Crippen LogP contribution >= 0.6 is 22.9 Å². The lowest BCUT2D eigenvalue weighted by Gasteiger charge is -2.25. The van der Waals surface area contributed by atoms with Crippen molar-refractivity contribution < 1.29 is 9.53 Å². The third kappa shape index (κ3) is 3.62. The van der Waals surface area contributed by atoms with E-state index in [0.29, 0.717) is 36.9 Å². The third-order valence-electron chi connectivity index (χ3n) is 4.68. The number of pyridine rings is 1. The van der Waals surface area contributed by atoms with E-state index in [1.807, 2.05) is 24.3 Å². The molecule has 8 heteroatoms. The number of carbonyl (C=O) groups excluding carboxylic acids is 1. The molecule has 0 unspecified atom stereocenters. The maximum atomic E-state index is 13.4. The fraction of sp³-hybridized carbons (Fsp3) is 0.182. The Morgan fingerprint density at radius 2 is 2.03 bits per heavy atom. The minimum Gasteiger partial charge on any atom is -0.463 e. The number of ether oxygens (including phenoxy) is 1. The van der Waals surface area contributed by atoms with Crippen molar-refractivity contribution in [2.24, 2.45) is 4.99 Å². The van der Waals surface area contributed by atoms with Crippen molar-refractivity contribution in [3.63, 3.8) is 0 Å². The van der Waals surface area contributed by atoms with Crippen molar-refractivity contribution in [1.29, 1.82) is 0 Å². The molecular formula is C22H18ClN3O3S. The Morgan fingerprint density at radius 1 is 1.27 bits per heavy atom. The summed E-state index contributed by atoms with van der Waals surface area (Å²) in [5.74, 6) is -0.511. The van der Waals surface area contributed by atoms with E-state index in [1.165, 1.54) is 15.9 Å². The van der Waals surface area contributed by atoms with Crippen molar-refractivity contribution >= 4 is 35.0 Å². The van der Waals surface area contributed by atoms with Crippen LogP contribution in [-0.2, 0) is 9.53 Å². The zero-order chi connectivity index (χ0) is 21.3. The lowest BCUT2D eigenvalue weighted by Crippen LogP contribution is -2.40. The Kier molecular flexibility index (Phi) is 5.65. The molecule has 1 aliphatic rings. The molecular weight excluding hydrogens is 422 g/mol. The highest BCUT2D eigenvalue weighted by Gasteiger charge is 2.34. The largest absolute Gasteiger partial charge is 0.463 e. The molecule has 0 N–H and O–H groups in total. The van der Waals surface area contributed by atoms with Gasteiger partial charge in [-0.05, 0) is 43.7 Å². The second-order valence-corrected chi connectivity index (χ2v) is 7.99. The van der Waals surface area contributed by atoms with Crippen LogP contribution in [-0.4, -0.2) is 22.1 Å². The van der Waals surface area contributed by atoms with Crippen molar-refractivity contribution in [3.8, 4) is 0 Å². The van der Waals surface area contributed by atoms with Crippen LogP contribution in [0.5, 0.6) is 0 Å². The van der Waals surface area contributed by atoms with Gasteiger partial charge in [0.1, 0.15) is 6.04 Å². The third-order valence-corrected chi connectivity index (χ3v) is 6.01. The molecule has 6 nitrogen and oxygen atoms in total. The average molecular weight is 440 g/mol. The Balaban J connectivity index is 1.99. The van der Waals surface area contributed by atoms with Crippen LogP contribution in [0.15, 0.2) is 69.7 Å². The van der Waals surface area contributed by atoms with Gasteiger partial charge >= 0.3 is 5.97 Å². The SMILES string of the molecule is CCOC(=O)C1=C(C)N=c2sc(=Cc3ccccn3)c(=O)n2[C@@H]1c1ccccc1Cl. The van der Waals surface area contributed by atoms with Crippen LogP contribution in [0.25, 0.3) is 6.08 Å². The van der Waals surface area contributed by atoms with Gasteiger partial charge in [-0.3, -0.25) is 14.3 Å². The Bertz CT molecular complexity index is 1330. The summed E-state index contributed by atoms with van der Waals surface area (Å²) in [5, 5.41) is 0.457. The minimum absolute atomic E-state index is 0.217. The van der Waals surface area contributed by atoms with Gasteiger partial charge in [-0.1, -0.05) is 47.2 Å². The standard InChI is InChI=1S/C22H18ClN3O3S/c1-3-29-21(28)18-13(2)25-22-26(19(18)15-9-4-5-10-16(15)23)20(27)17(30-22)12-14-8-6-7-11-24-14/h4-12,19H,3H2,1-2H3/t19-/m1/s1. The Hall–Kier alpha value is -3.03. The summed E-state index contributed by atoms with van der Waals surface area (Å²) in [6.07, 6.45) is 3.38. The van der Waals surface area contributed by atoms with Crippen molar-refractivity contribution in [3.05, 3.63) is 95.9 Å². The number of thiazole rings is 1. The topological polar surface area (TPSA) is 73.6 Å². The van der Waals surface area contributed by atoms with Gasteiger partial charge in [0, 0.05) is 11.2 Å². The van der Waals surface area contributed by atoms with E-state index in [9.17, 15) is 9.59 Å². The number of hydrogen-bond donors (Lipinski definition) is 0. The van der Waals surface area contributed by atoms with Crippen LogP contribution in [0.3, 0.4) is 0 Å². The summed E-state index contributed by atoms with van der Waals surface area (Å²) >= 11 is 7.72. The molecule has 0 fully saturated rings. The highest BCUT2D eigenvalue weighted by molar-refractivity contribution is 7.07. The number of carbonyl (C=O) groups is 1. The first-order valence-corrected chi connectivity index (χ1v) is 10.6. The van der Waals surface area contributed by atoms with Gasteiger partial charge in [0.25, 0.3) is 5.56 Å². The second-order valence-electron chi connectivity index (χ2n) is 6.58. The average Bonchev–Trinajstić information content (AvgIpc) is 3.03. The molecule has 4 rings (SSSR count). The first kappa shape index (κ1) is 20.3. The number of nitrogens with zero attached hydrogens (tertiary/aromatic N) is 3. The molecule has 2 aromatic heterocycles. The molecule has 0 amide bonds. The smallest absolute Gasteiger partial charge is 0.338 e. The minimum atomic E-state index is -0.722. The molecule has 3 aromatic rings. The van der Waals surface area contributed by atoms with Crippen LogP contribution in [0.4, 0.5) is 0 Å². The summed E-state index contributed by atoms with van der Waals surface area (Å²) in [6, 6.07) is 11.9. The van der Waals surface area contributed by atoms with E-state index in [0.717, 1.165) is 0 Å². The molecule has 0 aliphatic carbocycles. The zero-order valence-corrected chi connectivity index (χ0v) is 17.9. The van der Waals surface area contributed by atoms with Crippen LogP contribution in [0.1, 0.15) is 31.1 Å². The van der Waals surface area contributed by atoms with Gasteiger partial charge in [0.05, 0.1) is 28.1 Å². The van der Waals surface area contributed by atoms with E-state index in [4.69, 9.17) is 16.3 Å². The van der Waals surface area contributed by atoms with Crippen LogP contribution in [0, 0.1) is 0 Å². The van der Waals surface area contributed by atoms with E-state index in [2.05, 4.69) is 9.98 Å². The van der Waals surface area contributed by atoms with Gasteiger partial charge in [0.15, 0.2) is 4.80 Å². The maximum Gasteiger partial charge on any atom is 0.338 e. The summed E-state index contributed by atoms with van der Waals surface area (Å²) in [7, 11) is 0. The lowest BCUT2D eigenvalue weighted by molar-refractivity contribution is -0.139. The number of benzene rings is 1. The van der Waals surface area contributed by atoms with Crippen LogP contribution in [0.2, 0.25) is 5.02 Å². The highest BCUT2D eigenvalue weighted by atomic mass is 35.5. The van der Waals surface area contributed by atoms with Gasteiger partial charge in [-0.25, -0.2) is 9.79 Å². The molecule has 0 radical (unpaired) electrons. The first-order valence-electron chi connectivity index (χ1n) is 9.36. The molecule has 1 atom stereocenters. The highest BCUT2D eigenvalue weighted by Crippen LogP contribution is 2.34. The summed E-state index contributed by atoms with van der Waals surface area (Å²) in [6.45, 7) is 3.70. The molecule has 1 aromatic carbocycles. The van der Waals surface area contributed by atoms with Crippen molar-refractivity contribution in [1.82, 2.24) is 9.55 Å². The fourth-order valence-electron chi connectivity index (χ4n) is 3.38. The molecule has 3 heterocycles. The molecule has 30 heavy (non-hydrogen) atoms. The van der Waals surface area contributed by atoms with Gasteiger partial charge in [-0.15, -0.1) is 0 Å². The number of halogens is 1. The van der Waals surface area contributed by atoms with Crippen molar-refractivity contribution in [2.75, 3.05) is 6.61 Å². The quantitative estimate of drug-likeness (QED) is 0.586. The number of allylic oxidation sites excluding steroid dienone is 1. The molecule has 152 valence electrons. The number of aromatic nitrogens is 2. The van der Waals surface area contributed by atoms with Gasteiger partial charge in [-0.2, -0.15) is 0 Å². The number of fused-ring (bicyclic) bond motifs is 1. The normalized spacial score (nSPS) is 16.2.